The fourth-order valence-electron chi connectivity index (χ4n) is 1.09. The summed E-state index contributed by atoms with van der Waals surface area (Å²) >= 11 is 5.41. The van der Waals surface area contributed by atoms with Crippen molar-refractivity contribution in [2.24, 2.45) is 0 Å². The van der Waals surface area contributed by atoms with Crippen molar-refractivity contribution >= 4 is 27.5 Å². The van der Waals surface area contributed by atoms with Crippen LogP contribution in [0, 0.1) is 0 Å². The van der Waals surface area contributed by atoms with E-state index in [1.54, 1.807) is 0 Å². The number of rotatable bonds is 9. The average molecular weight is 285 g/mol. The number of carbonyl (C=O) groups is 1. The number of sulfonamides is 1. The van der Waals surface area contributed by atoms with Crippen molar-refractivity contribution in [1.29, 1.82) is 0 Å². The van der Waals surface area contributed by atoms with Crippen LogP contribution < -0.4 is 10.0 Å². The van der Waals surface area contributed by atoms with Gasteiger partial charge in [-0.2, -0.15) is 0 Å². The van der Waals surface area contributed by atoms with E-state index < -0.39 is 10.0 Å². The molecule has 2 N–H and O–H groups in total. The van der Waals surface area contributed by atoms with Crippen LogP contribution in [0.5, 0.6) is 0 Å². The first-order valence-electron chi connectivity index (χ1n) is 5.74. The van der Waals surface area contributed by atoms with E-state index in [9.17, 15) is 13.2 Å². The van der Waals surface area contributed by atoms with Gasteiger partial charge in [0, 0.05) is 24.9 Å². The maximum atomic E-state index is 11.3. The third-order valence-corrected chi connectivity index (χ3v) is 3.98. The van der Waals surface area contributed by atoms with Crippen molar-refractivity contribution in [2.75, 3.05) is 18.2 Å². The van der Waals surface area contributed by atoms with Crippen LogP contribution in [-0.4, -0.2) is 38.5 Å². The van der Waals surface area contributed by atoms with Gasteiger partial charge in [-0.25, -0.2) is 13.1 Å². The Morgan fingerprint density at radius 3 is 2.59 bits per heavy atom. The minimum atomic E-state index is -3.29. The molecule has 102 valence electrons. The SMILES string of the molecule is CCC(C)NC(=O)CCNS(=O)(=O)CCCCl. The number of hydrogen-bond donors (Lipinski definition) is 2. The summed E-state index contributed by atoms with van der Waals surface area (Å²) in [6, 6.07) is 0.121. The molecule has 0 aromatic heterocycles. The summed E-state index contributed by atoms with van der Waals surface area (Å²) in [5, 5.41) is 2.76. The van der Waals surface area contributed by atoms with E-state index in [0.717, 1.165) is 6.42 Å². The molecule has 0 rings (SSSR count). The summed E-state index contributed by atoms with van der Waals surface area (Å²) in [5.74, 6) is 0.179. The summed E-state index contributed by atoms with van der Waals surface area (Å²) in [7, 11) is -3.29. The number of nitrogens with one attached hydrogen (secondary N) is 2. The highest BCUT2D eigenvalue weighted by Crippen LogP contribution is 1.93. The lowest BCUT2D eigenvalue weighted by Crippen LogP contribution is -2.35. The van der Waals surface area contributed by atoms with Gasteiger partial charge in [0.1, 0.15) is 0 Å². The van der Waals surface area contributed by atoms with E-state index in [-0.39, 0.29) is 30.7 Å². The molecule has 0 saturated heterocycles. The molecule has 0 fully saturated rings. The second kappa shape index (κ2) is 8.72. The van der Waals surface area contributed by atoms with Gasteiger partial charge in [-0.05, 0) is 19.8 Å². The lowest BCUT2D eigenvalue weighted by molar-refractivity contribution is -0.121. The maximum Gasteiger partial charge on any atom is 0.221 e. The standard InChI is InChI=1S/C10H21ClN2O3S/c1-3-9(2)13-10(14)5-7-12-17(15,16)8-4-6-11/h9,12H,3-8H2,1-2H3,(H,13,14). The van der Waals surface area contributed by atoms with Gasteiger partial charge in [0.05, 0.1) is 5.75 Å². The summed E-state index contributed by atoms with van der Waals surface area (Å²) in [5.41, 5.74) is 0. The Morgan fingerprint density at radius 2 is 2.06 bits per heavy atom. The van der Waals surface area contributed by atoms with Crippen LogP contribution in [0.15, 0.2) is 0 Å². The molecule has 7 heteroatoms. The quantitative estimate of drug-likeness (QED) is 0.616. The van der Waals surface area contributed by atoms with E-state index in [2.05, 4.69) is 10.0 Å². The number of amides is 1. The van der Waals surface area contributed by atoms with Crippen molar-refractivity contribution < 1.29 is 13.2 Å². The van der Waals surface area contributed by atoms with Gasteiger partial charge in [-0.15, -0.1) is 11.6 Å². The Labute approximate surface area is 108 Å². The second-order valence-corrected chi connectivity index (χ2v) is 6.19. The van der Waals surface area contributed by atoms with Gasteiger partial charge in [-0.1, -0.05) is 6.92 Å². The molecule has 0 aliphatic rings. The molecule has 1 amide bonds. The Bertz CT molecular complexity index is 320. The van der Waals surface area contributed by atoms with Gasteiger partial charge in [0.15, 0.2) is 0 Å². The van der Waals surface area contributed by atoms with E-state index in [1.807, 2.05) is 13.8 Å². The van der Waals surface area contributed by atoms with E-state index >= 15 is 0 Å². The monoisotopic (exact) mass is 284 g/mol. The average Bonchev–Trinajstić information content (AvgIpc) is 2.26. The van der Waals surface area contributed by atoms with E-state index in [1.165, 1.54) is 0 Å². The molecule has 0 aliphatic heterocycles. The molecule has 0 saturated carbocycles. The van der Waals surface area contributed by atoms with Crippen molar-refractivity contribution in [3.8, 4) is 0 Å². The highest BCUT2D eigenvalue weighted by molar-refractivity contribution is 7.89. The van der Waals surface area contributed by atoms with Crippen LogP contribution in [0.3, 0.4) is 0 Å². The third kappa shape index (κ3) is 9.38. The first kappa shape index (κ1) is 16.7. The van der Waals surface area contributed by atoms with Gasteiger partial charge < -0.3 is 5.32 Å². The predicted octanol–water partition coefficient (Wildman–Crippen LogP) is 0.839. The summed E-state index contributed by atoms with van der Waals surface area (Å²) in [6.07, 6.45) is 1.42. The zero-order chi connectivity index (χ0) is 13.3. The Morgan fingerprint density at radius 1 is 1.41 bits per heavy atom. The number of hydrogen-bond acceptors (Lipinski definition) is 3. The lowest BCUT2D eigenvalue weighted by atomic mass is 10.2. The normalized spacial score (nSPS) is 13.4. The fourth-order valence-corrected chi connectivity index (χ4v) is 2.46. The van der Waals surface area contributed by atoms with Crippen LogP contribution in [0.25, 0.3) is 0 Å². The van der Waals surface area contributed by atoms with E-state index in [0.29, 0.717) is 12.3 Å². The molecular weight excluding hydrogens is 264 g/mol. The Hall–Kier alpha value is -0.330. The Kier molecular flexibility index (Phi) is 8.55. The van der Waals surface area contributed by atoms with Crippen LogP contribution in [-0.2, 0) is 14.8 Å². The molecule has 0 aliphatic carbocycles. The zero-order valence-electron chi connectivity index (χ0n) is 10.3. The minimum absolute atomic E-state index is 0.00345. The van der Waals surface area contributed by atoms with Crippen LogP contribution in [0.2, 0.25) is 0 Å². The molecule has 0 aromatic rings. The smallest absolute Gasteiger partial charge is 0.221 e. The predicted molar refractivity (Wildman–Crippen MR) is 69.6 cm³/mol. The van der Waals surface area contributed by atoms with Gasteiger partial charge >= 0.3 is 0 Å². The molecule has 1 unspecified atom stereocenters. The van der Waals surface area contributed by atoms with Crippen molar-refractivity contribution in [2.45, 2.75) is 39.2 Å². The summed E-state index contributed by atoms with van der Waals surface area (Å²) < 4.78 is 25.1. The molecule has 0 bridgehead atoms. The van der Waals surface area contributed by atoms with E-state index in [4.69, 9.17) is 11.6 Å². The number of carbonyl (C=O) groups excluding carboxylic acids is 1. The number of halogens is 1. The topological polar surface area (TPSA) is 75.3 Å². The van der Waals surface area contributed by atoms with Crippen molar-refractivity contribution in [1.82, 2.24) is 10.0 Å². The lowest BCUT2D eigenvalue weighted by Gasteiger charge is -2.11. The van der Waals surface area contributed by atoms with Gasteiger partial charge in [0.25, 0.3) is 0 Å². The zero-order valence-corrected chi connectivity index (χ0v) is 11.9. The highest BCUT2D eigenvalue weighted by Gasteiger charge is 2.10. The second-order valence-electron chi connectivity index (χ2n) is 3.88. The number of alkyl halides is 1. The molecule has 0 aromatic carbocycles. The molecule has 5 nitrogen and oxygen atoms in total. The Balaban J connectivity index is 3.79. The first-order valence-corrected chi connectivity index (χ1v) is 7.92. The van der Waals surface area contributed by atoms with Crippen LogP contribution in [0.1, 0.15) is 33.1 Å². The molecule has 0 radical (unpaired) electrons. The summed E-state index contributed by atoms with van der Waals surface area (Å²) in [6.45, 7) is 4.01. The third-order valence-electron chi connectivity index (χ3n) is 2.24. The fraction of sp³-hybridized carbons (Fsp3) is 0.900. The van der Waals surface area contributed by atoms with Gasteiger partial charge in [-0.3, -0.25) is 4.79 Å². The molecule has 17 heavy (non-hydrogen) atoms. The molecule has 0 spiro atoms. The first-order chi connectivity index (χ1) is 7.91. The van der Waals surface area contributed by atoms with Gasteiger partial charge in [0.2, 0.25) is 15.9 Å². The molecule has 0 heterocycles. The molecular formula is C10H21ClN2O3S. The van der Waals surface area contributed by atoms with Crippen LogP contribution in [0.4, 0.5) is 0 Å². The molecule has 1 atom stereocenters. The van der Waals surface area contributed by atoms with Crippen LogP contribution >= 0.6 is 11.6 Å². The maximum absolute atomic E-state index is 11.3. The highest BCUT2D eigenvalue weighted by atomic mass is 35.5. The largest absolute Gasteiger partial charge is 0.354 e. The van der Waals surface area contributed by atoms with Crippen molar-refractivity contribution in [3.63, 3.8) is 0 Å². The summed E-state index contributed by atoms with van der Waals surface area (Å²) in [4.78, 5) is 11.3. The minimum Gasteiger partial charge on any atom is -0.354 e. The van der Waals surface area contributed by atoms with Crippen molar-refractivity contribution in [3.05, 3.63) is 0 Å².